The highest BCUT2D eigenvalue weighted by molar-refractivity contribution is 7.84. The third kappa shape index (κ3) is 3.84. The fourth-order valence-corrected chi connectivity index (χ4v) is 2.96. The summed E-state index contributed by atoms with van der Waals surface area (Å²) in [6.45, 7) is -1.14. The predicted octanol–water partition coefficient (Wildman–Crippen LogP) is -5.03. The van der Waals surface area contributed by atoms with E-state index in [1.54, 1.807) is 0 Å². The van der Waals surface area contributed by atoms with Gasteiger partial charge in [0, 0.05) is 0 Å². The van der Waals surface area contributed by atoms with Crippen molar-refractivity contribution in [1.29, 1.82) is 0 Å². The zero-order valence-corrected chi connectivity index (χ0v) is 11.5. The minimum absolute atomic E-state index is 0.946. The van der Waals surface area contributed by atoms with Gasteiger partial charge in [-0.2, -0.15) is 21.0 Å². The molecule has 0 amide bonds. The van der Waals surface area contributed by atoms with Crippen LogP contribution < -0.4 is 4.72 Å². The maximum Gasteiger partial charge on any atom is 0.454 e. The highest BCUT2D eigenvalue weighted by atomic mass is 32.3. The molecule has 0 bridgehead atoms. The summed E-state index contributed by atoms with van der Waals surface area (Å²) in [6, 6.07) is 0. The highest BCUT2D eigenvalue weighted by Gasteiger charge is 2.63. The summed E-state index contributed by atoms with van der Waals surface area (Å²) >= 11 is 0. The Balaban J connectivity index is 3.31. The molecule has 1 unspecified atom stereocenters. The van der Waals surface area contributed by atoms with Gasteiger partial charge in [0.05, 0.1) is 6.61 Å². The lowest BCUT2D eigenvalue weighted by Crippen LogP contribution is -2.66. The predicted molar refractivity (Wildman–Crippen MR) is 58.6 cm³/mol. The Labute approximate surface area is 117 Å². The first kappa shape index (κ1) is 18.1. The number of rotatable bonds is 6. The fourth-order valence-electron chi connectivity index (χ4n) is 1.41. The lowest BCUT2D eigenvalue weighted by Gasteiger charge is -2.31. The Hall–Kier alpha value is -0.910. The van der Waals surface area contributed by atoms with Crippen LogP contribution in [0, 0.1) is 0 Å². The van der Waals surface area contributed by atoms with Gasteiger partial charge in [-0.3, -0.25) is 4.55 Å². The zero-order chi connectivity index (χ0) is 16.6. The highest BCUT2D eigenvalue weighted by Crippen LogP contribution is 2.30. The summed E-state index contributed by atoms with van der Waals surface area (Å²) in [5.41, 5.74) is -3.47. The van der Waals surface area contributed by atoms with Crippen molar-refractivity contribution in [3.05, 3.63) is 0 Å². The van der Waals surface area contributed by atoms with Crippen molar-refractivity contribution in [2.75, 3.05) is 6.61 Å². The van der Waals surface area contributed by atoms with Crippen LogP contribution in [0.25, 0.3) is 0 Å². The first-order valence-corrected chi connectivity index (χ1v) is 7.73. The number of aliphatic hydroxyl groups is 4. The molecule has 15 heteroatoms. The Morgan fingerprint density at radius 2 is 1.81 bits per heavy atom. The molecule has 0 spiro atoms. The number of carbonyl (C=O) groups excluding carboxylic acids is 1. The van der Waals surface area contributed by atoms with Crippen molar-refractivity contribution in [3.8, 4) is 0 Å². The van der Waals surface area contributed by atoms with E-state index in [0.717, 1.165) is 4.72 Å². The molecule has 13 nitrogen and oxygen atoms in total. The van der Waals surface area contributed by atoms with Gasteiger partial charge in [-0.05, 0) is 0 Å². The molecule has 0 saturated carbocycles. The molecule has 1 fully saturated rings. The van der Waals surface area contributed by atoms with E-state index in [0.29, 0.717) is 0 Å². The number of nitrogens with one attached hydrogen (secondary N) is 1. The van der Waals surface area contributed by atoms with Gasteiger partial charge in [-0.15, -0.1) is 4.72 Å². The number of carbonyl (C=O) groups is 1. The Bertz CT molecular complexity index is 612. The van der Waals surface area contributed by atoms with Gasteiger partial charge in [0.15, 0.2) is 0 Å². The summed E-state index contributed by atoms with van der Waals surface area (Å²) in [5.74, 6) is -2.03. The molecule has 1 heterocycles. The van der Waals surface area contributed by atoms with Gasteiger partial charge < -0.3 is 24.6 Å². The average molecular weight is 353 g/mol. The van der Waals surface area contributed by atoms with Gasteiger partial charge in [0.1, 0.15) is 18.3 Å². The molecule has 4 atom stereocenters. The molecule has 1 rings (SSSR count). The van der Waals surface area contributed by atoms with Crippen molar-refractivity contribution in [2.24, 2.45) is 0 Å². The van der Waals surface area contributed by atoms with E-state index in [9.17, 15) is 31.8 Å². The third-order valence-electron chi connectivity index (χ3n) is 2.32. The molecular weight excluding hydrogens is 342 g/mol. The largest absolute Gasteiger partial charge is 0.454 e. The molecule has 0 aromatic heterocycles. The second-order valence-corrected chi connectivity index (χ2v) is 6.16. The van der Waals surface area contributed by atoms with E-state index < -0.39 is 57.3 Å². The summed E-state index contributed by atoms with van der Waals surface area (Å²) in [7, 11) is -10.4. The molecule has 6 N–H and O–H groups in total. The quantitative estimate of drug-likeness (QED) is 0.247. The molecule has 124 valence electrons. The third-order valence-corrected chi connectivity index (χ3v) is 3.70. The topological polar surface area (TPSA) is 217 Å². The SMILES string of the molecule is O=C1OS(=O)(=O)O[C@]1(NS(=O)(=O)O)[C@@H](O)[C@H](O)C(O)CO. The van der Waals surface area contributed by atoms with Gasteiger partial charge >= 0.3 is 26.7 Å². The lowest BCUT2D eigenvalue weighted by molar-refractivity contribution is -0.172. The first-order valence-electron chi connectivity index (χ1n) is 4.95. The molecule has 0 radical (unpaired) electrons. The Morgan fingerprint density at radius 1 is 1.29 bits per heavy atom. The monoisotopic (exact) mass is 353 g/mol. The molecule has 1 aliphatic heterocycles. The maximum atomic E-state index is 11.5. The molecule has 0 aromatic rings. The van der Waals surface area contributed by atoms with Crippen LogP contribution in [0.2, 0.25) is 0 Å². The zero-order valence-electron chi connectivity index (χ0n) is 9.85. The molecule has 21 heavy (non-hydrogen) atoms. The van der Waals surface area contributed by atoms with Crippen molar-refractivity contribution in [1.82, 2.24) is 4.72 Å². The minimum atomic E-state index is -5.32. The van der Waals surface area contributed by atoms with Crippen LogP contribution in [-0.4, -0.2) is 78.4 Å². The Kier molecular flexibility index (Phi) is 4.93. The van der Waals surface area contributed by atoms with Gasteiger partial charge in [0.25, 0.3) is 5.72 Å². The second-order valence-electron chi connectivity index (χ2n) is 3.86. The summed E-state index contributed by atoms with van der Waals surface area (Å²) in [4.78, 5) is 11.5. The second kappa shape index (κ2) is 5.71. The number of hydrogen-bond acceptors (Lipinski definition) is 11. The van der Waals surface area contributed by atoms with E-state index in [1.165, 1.54) is 0 Å². The Morgan fingerprint density at radius 3 is 2.14 bits per heavy atom. The number of hydrogen-bond donors (Lipinski definition) is 6. The van der Waals surface area contributed by atoms with Crippen LogP contribution in [0.15, 0.2) is 0 Å². The van der Waals surface area contributed by atoms with E-state index in [-0.39, 0.29) is 0 Å². The normalized spacial score (nSPS) is 29.7. The molecule has 0 aromatic carbocycles. The average Bonchev–Trinajstić information content (AvgIpc) is 2.54. The van der Waals surface area contributed by atoms with Crippen molar-refractivity contribution < 1.29 is 55.0 Å². The first-order chi connectivity index (χ1) is 9.34. The van der Waals surface area contributed by atoms with E-state index >= 15 is 0 Å². The van der Waals surface area contributed by atoms with E-state index in [4.69, 9.17) is 14.8 Å². The van der Waals surface area contributed by atoms with Crippen molar-refractivity contribution >= 4 is 26.7 Å². The van der Waals surface area contributed by atoms with E-state index in [2.05, 4.69) is 8.37 Å². The standard InChI is InChI=1S/C6H11NO12S2/c8-1-2(9)3(10)4(11)6(7-20(13,14)15)5(12)18-21(16,17)19-6/h2-4,7-11H,1H2,(H,13,14,15)/t2?,3-,4+,6-/m1/s1. The molecular formula is C6H11NO12S2. The summed E-state index contributed by atoms with van der Waals surface area (Å²) < 4.78 is 60.8. The van der Waals surface area contributed by atoms with Gasteiger partial charge in [-0.25, -0.2) is 4.79 Å². The van der Waals surface area contributed by atoms with Crippen LogP contribution in [0.5, 0.6) is 0 Å². The molecule has 1 saturated heterocycles. The summed E-state index contributed by atoms with van der Waals surface area (Å²) in [6.07, 6.45) is -7.30. The van der Waals surface area contributed by atoms with Crippen LogP contribution in [0.4, 0.5) is 0 Å². The van der Waals surface area contributed by atoms with E-state index in [1.807, 2.05) is 0 Å². The van der Waals surface area contributed by atoms with Crippen LogP contribution >= 0.6 is 0 Å². The smallest absolute Gasteiger partial charge is 0.394 e. The van der Waals surface area contributed by atoms with Crippen molar-refractivity contribution in [3.63, 3.8) is 0 Å². The fraction of sp³-hybridized carbons (Fsp3) is 0.833. The number of aliphatic hydroxyl groups excluding tert-OH is 4. The summed E-state index contributed by atoms with van der Waals surface area (Å²) in [5, 5.41) is 36.9. The van der Waals surface area contributed by atoms with Gasteiger partial charge in [0.2, 0.25) is 0 Å². The maximum absolute atomic E-state index is 11.5. The van der Waals surface area contributed by atoms with Crippen LogP contribution in [0.1, 0.15) is 0 Å². The lowest BCUT2D eigenvalue weighted by atomic mass is 9.99. The minimum Gasteiger partial charge on any atom is -0.394 e. The van der Waals surface area contributed by atoms with Crippen molar-refractivity contribution in [2.45, 2.75) is 24.0 Å². The molecule has 0 aliphatic carbocycles. The van der Waals surface area contributed by atoms with Crippen LogP contribution in [0.3, 0.4) is 0 Å². The van der Waals surface area contributed by atoms with Gasteiger partial charge in [-0.1, -0.05) is 0 Å². The van der Waals surface area contributed by atoms with Crippen LogP contribution in [-0.2, 0) is 33.9 Å². The molecule has 1 aliphatic rings.